The Morgan fingerprint density at radius 1 is 0.608 bits per heavy atom. The first kappa shape index (κ1) is 78.0. The molecule has 25 atom stereocenters. The average Bonchev–Trinajstić information content (AvgIpc) is 1.43. The van der Waals surface area contributed by atoms with Gasteiger partial charge in [0.25, 0.3) is 0 Å². The van der Waals surface area contributed by atoms with Crippen molar-refractivity contribution in [3.8, 4) is 11.5 Å². The topological polar surface area (TPSA) is 574 Å². The van der Waals surface area contributed by atoms with Crippen LogP contribution in [0.2, 0.25) is 0 Å². The highest BCUT2D eigenvalue weighted by molar-refractivity contribution is 5.96. The summed E-state index contributed by atoms with van der Waals surface area (Å²) in [6, 6.07) is 18.2. The van der Waals surface area contributed by atoms with Gasteiger partial charge in [-0.25, -0.2) is 0 Å². The summed E-state index contributed by atoms with van der Waals surface area (Å²) in [5, 5.41) is 176. The number of carbonyl (C=O) groups excluding carboxylic acids is 5. The van der Waals surface area contributed by atoms with Gasteiger partial charge in [-0.2, -0.15) is 0 Å². The summed E-state index contributed by atoms with van der Waals surface area (Å²) in [5.41, 5.74) is 8.98. The molecule has 5 fully saturated rings. The predicted molar refractivity (Wildman–Crippen MR) is 350 cm³/mol. The van der Waals surface area contributed by atoms with Crippen LogP contribution in [0, 0.1) is 10.8 Å². The SMILES string of the molecule is CC(c1ccccc1)C(N)C(=O)NC(Cc1ccc(OC2OC(CO)C(OC3OC(CO)C(O)C(O)C3OCc3ccc(OCc4ccccc4)cc3)C(O)C2O)cc1)C(=O)NC(C(=O)NC(C(=O)NC([C]=O)CO)C(O)C1CNC(=N)N1C1OC(CO)C(O)C(O)C1O)C(O)C1CNC(=N)N1. The third kappa shape index (κ3) is 18.6. The van der Waals surface area contributed by atoms with E-state index in [4.69, 9.17) is 49.7 Å². The summed E-state index contributed by atoms with van der Waals surface area (Å²) < 4.78 is 41.4. The molecule has 36 heteroatoms. The normalized spacial score (nSPS) is 30.3. The third-order valence-corrected chi connectivity index (χ3v) is 18.3. The molecule has 36 nitrogen and oxygen atoms in total. The van der Waals surface area contributed by atoms with Gasteiger partial charge in [-0.05, 0) is 46.5 Å². The van der Waals surface area contributed by atoms with E-state index in [0.717, 1.165) is 10.5 Å². The van der Waals surface area contributed by atoms with E-state index >= 15 is 4.79 Å². The van der Waals surface area contributed by atoms with Gasteiger partial charge in [-0.1, -0.05) is 91.9 Å². The minimum absolute atomic E-state index is 0.0423. The number of hydrogen-bond donors (Lipinski definition) is 23. The summed E-state index contributed by atoms with van der Waals surface area (Å²) >= 11 is 0. The van der Waals surface area contributed by atoms with Crippen molar-refractivity contribution in [1.29, 1.82) is 10.8 Å². The standard InChI is InChI=1S/C66H88N11O25/c1-30(34-10-6-3-7-11-34)44(67)59(93)73-38(58(92)75-45(47(83)39-21-70-65(68)74-39)61(95)76-46(60(94)72-35(23-78)24-79)48(84)40-22-71-66(69)77(40)62-54(90)51(87)49(85)41(25-80)99-62)20-31-12-18-37(19-13-31)98-63-55(91)53(89)56(43(27-82)101-63)102-64-57(52(88)50(86)42(26-81)100-64)97-29-33-14-16-36(17-15-33)96-28-32-8-4-2-5-9-32/h2-19,30,35,38-57,62-64,78,80-91H,20-23,25-29,67H2,1H3,(H2,69,71)(H,72,94)(H,73,93)(H,75,92)(H,76,95)(H3,68,70,74). The molecule has 0 aliphatic carbocycles. The summed E-state index contributed by atoms with van der Waals surface area (Å²) in [6.45, 7) is -2.49. The molecule has 4 aromatic carbocycles. The average molecular weight is 1440 g/mol. The third-order valence-electron chi connectivity index (χ3n) is 18.3. The lowest BCUT2D eigenvalue weighted by atomic mass is 9.93. The zero-order valence-electron chi connectivity index (χ0n) is 54.9. The van der Waals surface area contributed by atoms with Gasteiger partial charge in [0.05, 0.1) is 51.2 Å². The van der Waals surface area contributed by atoms with E-state index in [1.54, 1.807) is 61.5 Å². The van der Waals surface area contributed by atoms with Crippen LogP contribution >= 0.6 is 0 Å². The predicted octanol–water partition coefficient (Wildman–Crippen LogP) is -8.57. The summed E-state index contributed by atoms with van der Waals surface area (Å²) in [4.78, 5) is 71.1. The maximum absolute atomic E-state index is 15.0. The monoisotopic (exact) mass is 1430 g/mol. The number of aliphatic hydroxyl groups is 13. The van der Waals surface area contributed by atoms with E-state index in [1.165, 1.54) is 30.6 Å². The first-order chi connectivity index (χ1) is 48.9. The van der Waals surface area contributed by atoms with E-state index in [0.29, 0.717) is 23.5 Å². The Morgan fingerprint density at radius 3 is 1.80 bits per heavy atom. The minimum atomic E-state index is -2.30. The fourth-order valence-electron chi connectivity index (χ4n) is 12.3. The number of nitrogens with two attached hydrogens (primary N) is 1. The van der Waals surface area contributed by atoms with Crippen molar-refractivity contribution >= 4 is 41.8 Å². The Kier molecular flexibility index (Phi) is 27.4. The van der Waals surface area contributed by atoms with Crippen molar-refractivity contribution in [1.82, 2.24) is 42.1 Å². The zero-order chi connectivity index (χ0) is 73.6. The van der Waals surface area contributed by atoms with E-state index < -0.39 is 221 Å². The quantitative estimate of drug-likeness (QED) is 0.0216. The minimum Gasteiger partial charge on any atom is -0.489 e. The van der Waals surface area contributed by atoms with Crippen molar-refractivity contribution in [3.63, 3.8) is 0 Å². The number of rotatable bonds is 32. The van der Waals surface area contributed by atoms with E-state index in [2.05, 4.69) is 37.2 Å². The molecule has 4 amide bonds. The highest BCUT2D eigenvalue weighted by Crippen LogP contribution is 2.34. The van der Waals surface area contributed by atoms with Crippen LogP contribution in [-0.2, 0) is 67.3 Å². The molecule has 0 aromatic heterocycles. The van der Waals surface area contributed by atoms with Crippen LogP contribution in [0.3, 0.4) is 0 Å². The fraction of sp³-hybridized carbons (Fsp3) is 0.530. The molecule has 5 heterocycles. The Bertz CT molecular complexity index is 3420. The highest BCUT2D eigenvalue weighted by atomic mass is 16.7. The van der Waals surface area contributed by atoms with Gasteiger partial charge in [0, 0.05) is 25.4 Å². The van der Waals surface area contributed by atoms with Gasteiger partial charge >= 0.3 is 0 Å². The Hall–Kier alpha value is -8.19. The second-order valence-electron chi connectivity index (χ2n) is 25.2. The summed E-state index contributed by atoms with van der Waals surface area (Å²) in [5.74, 6) is -5.98. The summed E-state index contributed by atoms with van der Waals surface area (Å²) in [6.07, 6.45) is -29.3. The van der Waals surface area contributed by atoms with E-state index in [9.17, 15) is 85.6 Å². The molecule has 24 N–H and O–H groups in total. The molecule has 1 radical (unpaired) electrons. The van der Waals surface area contributed by atoms with Crippen molar-refractivity contribution in [2.45, 2.75) is 179 Å². The number of hydrogen-bond acceptors (Lipinski definition) is 28. The maximum atomic E-state index is 15.0. The Balaban J connectivity index is 0.925. The van der Waals surface area contributed by atoms with Crippen molar-refractivity contribution in [2.24, 2.45) is 5.73 Å². The van der Waals surface area contributed by atoms with Gasteiger partial charge < -0.3 is 147 Å². The second-order valence-corrected chi connectivity index (χ2v) is 25.2. The molecule has 9 rings (SSSR count). The molecule has 5 aliphatic rings. The van der Waals surface area contributed by atoms with Gasteiger partial charge in [-0.15, -0.1) is 0 Å². The first-order valence-electron chi connectivity index (χ1n) is 32.8. The number of benzene rings is 4. The van der Waals surface area contributed by atoms with Gasteiger partial charge in [-0.3, -0.25) is 34.8 Å². The fourth-order valence-corrected chi connectivity index (χ4v) is 12.3. The van der Waals surface area contributed by atoms with E-state index in [-0.39, 0.29) is 30.4 Å². The molecule has 0 bridgehead atoms. The van der Waals surface area contributed by atoms with Crippen LogP contribution in [0.1, 0.15) is 35.1 Å². The lowest BCUT2D eigenvalue weighted by Gasteiger charge is -2.46. The first-order valence-corrected chi connectivity index (χ1v) is 32.8. The molecule has 25 unspecified atom stereocenters. The van der Waals surface area contributed by atoms with Crippen LogP contribution in [0.4, 0.5) is 0 Å². The number of carbonyl (C=O) groups is 4. The number of nitrogens with one attached hydrogen (secondary N) is 9. The van der Waals surface area contributed by atoms with Crippen molar-refractivity contribution < 1.29 is 124 Å². The smallest absolute Gasteiger partial charge is 0.246 e. The number of aliphatic hydroxyl groups excluding tert-OH is 13. The van der Waals surface area contributed by atoms with Crippen LogP contribution < -0.4 is 52.4 Å². The summed E-state index contributed by atoms with van der Waals surface area (Å²) in [7, 11) is 0. The van der Waals surface area contributed by atoms with E-state index in [1.807, 2.05) is 30.3 Å². The molecular formula is C66H88N11O25. The second kappa shape index (κ2) is 35.8. The largest absolute Gasteiger partial charge is 0.489 e. The molecule has 0 spiro atoms. The Morgan fingerprint density at radius 2 is 1.18 bits per heavy atom. The van der Waals surface area contributed by atoms with Gasteiger partial charge in [0.2, 0.25) is 36.2 Å². The lowest BCUT2D eigenvalue weighted by Crippen LogP contribution is -2.69. The number of amides is 4. The van der Waals surface area contributed by atoms with Crippen LogP contribution in [0.15, 0.2) is 109 Å². The molecule has 5 aliphatic heterocycles. The zero-order valence-corrected chi connectivity index (χ0v) is 54.9. The van der Waals surface area contributed by atoms with Crippen molar-refractivity contribution in [2.75, 3.05) is 39.5 Å². The van der Waals surface area contributed by atoms with Gasteiger partial charge in [0.1, 0.15) is 128 Å². The highest BCUT2D eigenvalue weighted by Gasteiger charge is 2.55. The lowest BCUT2D eigenvalue weighted by molar-refractivity contribution is -0.357. The molecule has 0 saturated carbocycles. The maximum Gasteiger partial charge on any atom is 0.246 e. The van der Waals surface area contributed by atoms with Crippen LogP contribution in [0.25, 0.3) is 0 Å². The molecule has 557 valence electrons. The molecule has 102 heavy (non-hydrogen) atoms. The molecule has 5 saturated heterocycles. The Labute approximate surface area is 583 Å². The molecular weight excluding hydrogens is 1350 g/mol. The van der Waals surface area contributed by atoms with Crippen molar-refractivity contribution in [3.05, 3.63) is 131 Å². The number of guanidine groups is 2. The van der Waals surface area contributed by atoms with Crippen LogP contribution in [-0.4, -0.2) is 299 Å². The molecule has 4 aromatic rings. The van der Waals surface area contributed by atoms with Gasteiger partial charge in [0.15, 0.2) is 24.4 Å². The number of nitrogens with zero attached hydrogens (tertiary/aromatic N) is 1. The number of ether oxygens (including phenoxy) is 7. The van der Waals surface area contributed by atoms with Crippen LogP contribution in [0.5, 0.6) is 11.5 Å².